The second-order valence-electron chi connectivity index (χ2n) is 6.42. The van der Waals surface area contributed by atoms with E-state index in [0.717, 1.165) is 41.4 Å². The van der Waals surface area contributed by atoms with Gasteiger partial charge in [-0.15, -0.1) is 0 Å². The van der Waals surface area contributed by atoms with Crippen LogP contribution in [0, 0.1) is 41.4 Å². The first-order valence-corrected chi connectivity index (χ1v) is 6.70. The number of fused-ring (bicyclic) bond motifs is 2. The molecule has 0 saturated heterocycles. The molecule has 0 amide bonds. The van der Waals surface area contributed by atoms with Gasteiger partial charge in [0.25, 0.3) is 0 Å². The summed E-state index contributed by atoms with van der Waals surface area (Å²) in [5.74, 6) is 7.56. The van der Waals surface area contributed by atoms with E-state index in [2.05, 4.69) is 20.8 Å². The van der Waals surface area contributed by atoms with E-state index in [-0.39, 0.29) is 0 Å². The van der Waals surface area contributed by atoms with E-state index in [4.69, 9.17) is 0 Å². The molecular weight excluding hydrogens is 168 g/mol. The summed E-state index contributed by atoms with van der Waals surface area (Å²) in [5, 5.41) is 0. The van der Waals surface area contributed by atoms with Crippen molar-refractivity contribution in [3.05, 3.63) is 0 Å². The maximum Gasteiger partial charge on any atom is -0.0329 e. The maximum absolute atomic E-state index is 2.56. The van der Waals surface area contributed by atoms with Crippen LogP contribution in [0.2, 0.25) is 0 Å². The van der Waals surface area contributed by atoms with E-state index < -0.39 is 0 Å². The quantitative estimate of drug-likeness (QED) is 0.545. The van der Waals surface area contributed by atoms with Crippen molar-refractivity contribution in [2.75, 3.05) is 0 Å². The molecule has 3 rings (SSSR count). The molecule has 0 N–H and O–H groups in total. The smallest absolute Gasteiger partial charge is 0.0329 e. The molecule has 0 aromatic carbocycles. The van der Waals surface area contributed by atoms with E-state index >= 15 is 0 Å². The molecule has 7 atom stereocenters. The summed E-state index contributed by atoms with van der Waals surface area (Å²) in [6.45, 7) is 7.62. The first-order valence-electron chi connectivity index (χ1n) is 6.70. The van der Waals surface area contributed by atoms with E-state index in [1.54, 1.807) is 19.3 Å². The number of rotatable bonds is 0. The van der Waals surface area contributed by atoms with Crippen LogP contribution in [0.4, 0.5) is 0 Å². The van der Waals surface area contributed by atoms with Gasteiger partial charge in [-0.05, 0) is 60.7 Å². The molecule has 0 bridgehead atoms. The fourth-order valence-corrected chi connectivity index (χ4v) is 5.24. The second kappa shape index (κ2) is 3.00. The fourth-order valence-electron chi connectivity index (χ4n) is 5.24. The summed E-state index contributed by atoms with van der Waals surface area (Å²) < 4.78 is 0. The molecule has 6 unspecified atom stereocenters. The molecule has 0 nitrogen and oxygen atoms in total. The van der Waals surface area contributed by atoms with Gasteiger partial charge in [0.1, 0.15) is 0 Å². The first-order chi connectivity index (χ1) is 6.70. The highest BCUT2D eigenvalue weighted by Gasteiger charge is 2.53. The summed E-state index contributed by atoms with van der Waals surface area (Å²) in [6, 6.07) is 0. The van der Waals surface area contributed by atoms with Gasteiger partial charge in [-0.1, -0.05) is 27.2 Å². The molecule has 14 heavy (non-hydrogen) atoms. The lowest BCUT2D eigenvalue weighted by Gasteiger charge is -2.55. The van der Waals surface area contributed by atoms with E-state index in [1.807, 2.05) is 0 Å². The molecule has 0 spiro atoms. The Kier molecular flexibility index (Phi) is 1.98. The maximum atomic E-state index is 2.56. The highest BCUT2D eigenvalue weighted by molar-refractivity contribution is 5.02. The van der Waals surface area contributed by atoms with Gasteiger partial charge in [0.15, 0.2) is 0 Å². The van der Waals surface area contributed by atoms with Crippen LogP contribution in [-0.4, -0.2) is 0 Å². The molecule has 0 aromatic heterocycles. The van der Waals surface area contributed by atoms with E-state index in [1.165, 1.54) is 6.42 Å². The van der Waals surface area contributed by atoms with Crippen LogP contribution in [0.1, 0.15) is 46.5 Å². The van der Waals surface area contributed by atoms with Crippen molar-refractivity contribution in [1.29, 1.82) is 0 Å². The molecule has 0 heteroatoms. The number of hydrogen-bond acceptors (Lipinski definition) is 0. The van der Waals surface area contributed by atoms with Crippen LogP contribution in [0.5, 0.6) is 0 Å². The third-order valence-electron chi connectivity index (χ3n) is 6.12. The SMILES string of the molecule is CC1CCC2C1C(C)C1CCC1[C@@H]2C. The van der Waals surface area contributed by atoms with Crippen molar-refractivity contribution in [3.63, 3.8) is 0 Å². The van der Waals surface area contributed by atoms with Crippen molar-refractivity contribution in [3.8, 4) is 0 Å². The molecule has 0 heterocycles. The molecule has 3 aliphatic rings. The molecule has 0 aliphatic heterocycles. The predicted octanol–water partition coefficient (Wildman–Crippen LogP) is 3.96. The van der Waals surface area contributed by atoms with Crippen molar-refractivity contribution >= 4 is 0 Å². The third kappa shape index (κ3) is 1.01. The van der Waals surface area contributed by atoms with Gasteiger partial charge in [-0.25, -0.2) is 0 Å². The molecule has 3 saturated carbocycles. The standard InChI is InChI=1S/C14H24/c1-8-4-5-13-9(2)11-6-7-12(11)10(3)14(8)13/h8-14H,4-7H2,1-3H3/t8?,9-,10?,11?,12?,13?,14?/m0/s1. The lowest BCUT2D eigenvalue weighted by molar-refractivity contribution is -0.0623. The zero-order chi connectivity index (χ0) is 9.87. The Morgan fingerprint density at radius 3 is 1.86 bits per heavy atom. The number of hydrogen-bond donors (Lipinski definition) is 0. The minimum Gasteiger partial charge on any atom is -0.0622 e. The van der Waals surface area contributed by atoms with Crippen molar-refractivity contribution < 1.29 is 0 Å². The molecular formula is C14H24. The topological polar surface area (TPSA) is 0 Å². The van der Waals surface area contributed by atoms with Crippen LogP contribution in [0.25, 0.3) is 0 Å². The molecule has 0 aromatic rings. The second-order valence-corrected chi connectivity index (χ2v) is 6.42. The lowest BCUT2D eigenvalue weighted by Crippen LogP contribution is -2.48. The van der Waals surface area contributed by atoms with Crippen molar-refractivity contribution in [1.82, 2.24) is 0 Å². The molecule has 3 aliphatic carbocycles. The lowest BCUT2D eigenvalue weighted by atomic mass is 9.50. The van der Waals surface area contributed by atoms with Crippen molar-refractivity contribution in [2.45, 2.75) is 46.5 Å². The fraction of sp³-hybridized carbons (Fsp3) is 1.00. The van der Waals surface area contributed by atoms with E-state index in [9.17, 15) is 0 Å². The average Bonchev–Trinajstić information content (AvgIpc) is 2.43. The minimum atomic E-state index is 1.03. The highest BCUT2D eigenvalue weighted by Crippen LogP contribution is 2.60. The van der Waals surface area contributed by atoms with Crippen LogP contribution in [0.3, 0.4) is 0 Å². The zero-order valence-electron chi connectivity index (χ0n) is 9.87. The third-order valence-corrected chi connectivity index (χ3v) is 6.12. The normalized spacial score (nSPS) is 61.5. The summed E-state index contributed by atoms with van der Waals surface area (Å²) in [5.41, 5.74) is 0. The molecule has 80 valence electrons. The Morgan fingerprint density at radius 1 is 0.643 bits per heavy atom. The van der Waals surface area contributed by atoms with Crippen LogP contribution in [0.15, 0.2) is 0 Å². The summed E-state index contributed by atoms with van der Waals surface area (Å²) in [4.78, 5) is 0. The minimum absolute atomic E-state index is 1.03. The van der Waals surface area contributed by atoms with E-state index in [0.29, 0.717) is 0 Å². The summed E-state index contributed by atoms with van der Waals surface area (Å²) >= 11 is 0. The van der Waals surface area contributed by atoms with Crippen LogP contribution in [-0.2, 0) is 0 Å². The van der Waals surface area contributed by atoms with Crippen LogP contribution >= 0.6 is 0 Å². The van der Waals surface area contributed by atoms with Crippen LogP contribution < -0.4 is 0 Å². The Bertz CT molecular complexity index is 232. The van der Waals surface area contributed by atoms with Gasteiger partial charge in [0, 0.05) is 0 Å². The van der Waals surface area contributed by atoms with Gasteiger partial charge in [0.2, 0.25) is 0 Å². The monoisotopic (exact) mass is 192 g/mol. The van der Waals surface area contributed by atoms with Gasteiger partial charge >= 0.3 is 0 Å². The van der Waals surface area contributed by atoms with Gasteiger partial charge in [-0.3, -0.25) is 0 Å². The Hall–Kier alpha value is 0. The van der Waals surface area contributed by atoms with Crippen molar-refractivity contribution in [2.24, 2.45) is 41.4 Å². The highest BCUT2D eigenvalue weighted by atomic mass is 14.6. The predicted molar refractivity (Wildman–Crippen MR) is 59.9 cm³/mol. The zero-order valence-corrected chi connectivity index (χ0v) is 9.87. The summed E-state index contributed by atoms with van der Waals surface area (Å²) in [6.07, 6.45) is 6.16. The Morgan fingerprint density at radius 2 is 1.21 bits per heavy atom. The summed E-state index contributed by atoms with van der Waals surface area (Å²) in [7, 11) is 0. The van der Waals surface area contributed by atoms with Gasteiger partial charge in [0.05, 0.1) is 0 Å². The van der Waals surface area contributed by atoms with Gasteiger partial charge in [-0.2, -0.15) is 0 Å². The Labute approximate surface area is 88.5 Å². The average molecular weight is 192 g/mol. The first kappa shape index (κ1) is 9.24. The molecule has 0 radical (unpaired) electrons. The largest absolute Gasteiger partial charge is 0.0622 e. The molecule has 3 fully saturated rings. The van der Waals surface area contributed by atoms with Gasteiger partial charge < -0.3 is 0 Å². The Balaban J connectivity index is 1.88.